The summed E-state index contributed by atoms with van der Waals surface area (Å²) in [6.45, 7) is 5.27. The van der Waals surface area contributed by atoms with Crippen LogP contribution in [0.4, 0.5) is 0 Å². The minimum absolute atomic E-state index is 0.0306. The van der Waals surface area contributed by atoms with Gasteiger partial charge in [-0.15, -0.1) is 0 Å². The molecule has 0 aromatic heterocycles. The topological polar surface area (TPSA) is 102 Å². The zero-order chi connectivity index (χ0) is 17.8. The molecule has 0 saturated carbocycles. The molecule has 1 atom stereocenters. The number of amides is 2. The van der Waals surface area contributed by atoms with Gasteiger partial charge in [0.05, 0.1) is 19.8 Å². The zero-order valence-corrected chi connectivity index (χ0v) is 13.8. The van der Waals surface area contributed by atoms with E-state index in [2.05, 4.69) is 20.3 Å². The SMILES string of the molecule is COC(=O)C(=C=NC(C)(C)C)C(C(=O)OC)N1C(=O)CCC1=O. The lowest BCUT2D eigenvalue weighted by Gasteiger charge is -2.23. The number of rotatable bonds is 4. The number of esters is 2. The molecule has 1 unspecified atom stereocenters. The van der Waals surface area contributed by atoms with Crippen molar-refractivity contribution in [3.8, 4) is 0 Å². The molecule has 126 valence electrons. The van der Waals surface area contributed by atoms with Crippen LogP contribution in [-0.2, 0) is 28.7 Å². The van der Waals surface area contributed by atoms with Gasteiger partial charge in [-0.3, -0.25) is 14.5 Å². The van der Waals surface area contributed by atoms with Crippen molar-refractivity contribution < 1.29 is 28.7 Å². The first kappa shape index (κ1) is 18.6. The van der Waals surface area contributed by atoms with Gasteiger partial charge in [-0.25, -0.2) is 14.6 Å². The number of methoxy groups -OCH3 is 2. The second kappa shape index (κ2) is 7.19. The molecule has 2 amide bonds. The summed E-state index contributed by atoms with van der Waals surface area (Å²) in [6.07, 6.45) is -0.0611. The van der Waals surface area contributed by atoms with E-state index >= 15 is 0 Å². The summed E-state index contributed by atoms with van der Waals surface area (Å²) in [6, 6.07) is -1.55. The molecule has 23 heavy (non-hydrogen) atoms. The second-order valence-electron chi connectivity index (χ2n) is 5.88. The fourth-order valence-electron chi connectivity index (χ4n) is 1.90. The number of imide groups is 1. The predicted octanol–water partition coefficient (Wildman–Crippen LogP) is 0.245. The third-order valence-corrected chi connectivity index (χ3v) is 2.96. The van der Waals surface area contributed by atoms with Gasteiger partial charge in [0.25, 0.3) is 0 Å². The first-order chi connectivity index (χ1) is 10.6. The van der Waals surface area contributed by atoms with Crippen molar-refractivity contribution in [2.45, 2.75) is 45.2 Å². The standard InChI is InChI=1S/C15H20N2O6/c1-15(2,3)16-8-9(13(20)22-4)12(14(21)23-5)17-10(18)6-7-11(17)19/h12H,6-7H2,1-5H3. The van der Waals surface area contributed by atoms with E-state index in [1.54, 1.807) is 20.8 Å². The number of hydrogen-bond acceptors (Lipinski definition) is 7. The number of aliphatic imine (C=N–C) groups is 1. The van der Waals surface area contributed by atoms with Gasteiger partial charge in [-0.05, 0) is 26.6 Å². The van der Waals surface area contributed by atoms with E-state index in [1.165, 1.54) is 0 Å². The lowest BCUT2D eigenvalue weighted by Crippen LogP contribution is -2.48. The summed E-state index contributed by atoms with van der Waals surface area (Å²) in [5.74, 6) is -0.522. The van der Waals surface area contributed by atoms with Crippen LogP contribution < -0.4 is 0 Å². The minimum Gasteiger partial charge on any atom is -0.467 e. The normalized spacial score (nSPS) is 15.8. The van der Waals surface area contributed by atoms with E-state index in [1.807, 2.05) is 0 Å². The fourth-order valence-corrected chi connectivity index (χ4v) is 1.90. The third-order valence-electron chi connectivity index (χ3n) is 2.96. The maximum atomic E-state index is 12.1. The van der Waals surface area contributed by atoms with Crippen molar-refractivity contribution >= 4 is 29.6 Å². The zero-order valence-electron chi connectivity index (χ0n) is 13.8. The molecule has 0 aliphatic carbocycles. The van der Waals surface area contributed by atoms with Crippen LogP contribution in [-0.4, -0.2) is 60.3 Å². The van der Waals surface area contributed by atoms with Gasteiger partial charge >= 0.3 is 11.9 Å². The van der Waals surface area contributed by atoms with E-state index < -0.39 is 35.3 Å². The van der Waals surface area contributed by atoms with Crippen LogP contribution in [0.15, 0.2) is 10.6 Å². The number of nitrogens with zero attached hydrogens (tertiary/aromatic N) is 2. The number of carbonyl (C=O) groups is 4. The molecular formula is C15H20N2O6. The quantitative estimate of drug-likeness (QED) is 0.318. The number of ether oxygens (including phenoxy) is 2. The molecule has 8 nitrogen and oxygen atoms in total. The van der Waals surface area contributed by atoms with Crippen LogP contribution in [0.5, 0.6) is 0 Å². The van der Waals surface area contributed by atoms with Gasteiger partial charge in [0.1, 0.15) is 5.57 Å². The smallest absolute Gasteiger partial charge is 0.346 e. The van der Waals surface area contributed by atoms with E-state index in [4.69, 9.17) is 0 Å². The van der Waals surface area contributed by atoms with Gasteiger partial charge in [-0.1, -0.05) is 0 Å². The monoisotopic (exact) mass is 324 g/mol. The van der Waals surface area contributed by atoms with Crippen molar-refractivity contribution in [3.05, 3.63) is 5.57 Å². The maximum absolute atomic E-state index is 12.1. The summed E-state index contributed by atoms with van der Waals surface area (Å²) in [4.78, 5) is 52.7. The summed E-state index contributed by atoms with van der Waals surface area (Å²) in [5.41, 5.74) is -0.934. The Bertz CT molecular complexity index is 580. The maximum Gasteiger partial charge on any atom is 0.346 e. The molecule has 1 heterocycles. The molecule has 0 N–H and O–H groups in total. The first-order valence-corrected chi connectivity index (χ1v) is 6.98. The Kier molecular flexibility index (Phi) is 5.81. The summed E-state index contributed by atoms with van der Waals surface area (Å²) < 4.78 is 9.26. The van der Waals surface area contributed by atoms with Crippen LogP contribution in [0.25, 0.3) is 0 Å². The molecule has 0 radical (unpaired) electrons. The Hall–Kier alpha value is -2.47. The molecule has 1 aliphatic heterocycles. The molecule has 0 aromatic carbocycles. The summed E-state index contributed by atoms with van der Waals surface area (Å²) in [5, 5.41) is 0. The van der Waals surface area contributed by atoms with Crippen LogP contribution >= 0.6 is 0 Å². The van der Waals surface area contributed by atoms with Gasteiger partial charge in [0.15, 0.2) is 6.04 Å². The Morgan fingerprint density at radius 1 is 1.13 bits per heavy atom. The highest BCUT2D eigenvalue weighted by Gasteiger charge is 2.44. The van der Waals surface area contributed by atoms with Crippen molar-refractivity contribution in [1.29, 1.82) is 0 Å². The molecule has 1 aliphatic rings. The Morgan fingerprint density at radius 2 is 1.65 bits per heavy atom. The Labute approximate surface area is 134 Å². The van der Waals surface area contributed by atoms with Crippen molar-refractivity contribution in [2.24, 2.45) is 4.99 Å². The second-order valence-corrected chi connectivity index (χ2v) is 5.88. The van der Waals surface area contributed by atoms with Crippen molar-refractivity contribution in [2.75, 3.05) is 14.2 Å². The summed E-state index contributed by atoms with van der Waals surface area (Å²) >= 11 is 0. The highest BCUT2D eigenvalue weighted by Crippen LogP contribution is 2.21. The lowest BCUT2D eigenvalue weighted by atomic mass is 10.1. The van der Waals surface area contributed by atoms with Crippen molar-refractivity contribution in [1.82, 2.24) is 4.90 Å². The lowest BCUT2D eigenvalue weighted by molar-refractivity contribution is -0.156. The van der Waals surface area contributed by atoms with E-state index in [0.29, 0.717) is 4.90 Å². The predicted molar refractivity (Wildman–Crippen MR) is 79.6 cm³/mol. The van der Waals surface area contributed by atoms with Gasteiger partial charge < -0.3 is 9.47 Å². The van der Waals surface area contributed by atoms with Gasteiger partial charge in [-0.2, -0.15) is 0 Å². The molecular weight excluding hydrogens is 304 g/mol. The first-order valence-electron chi connectivity index (χ1n) is 6.98. The highest BCUT2D eigenvalue weighted by atomic mass is 16.5. The van der Waals surface area contributed by atoms with Crippen LogP contribution in [0.1, 0.15) is 33.6 Å². The fraction of sp³-hybridized carbons (Fsp3) is 0.600. The van der Waals surface area contributed by atoms with Gasteiger partial charge in [0.2, 0.25) is 11.8 Å². The van der Waals surface area contributed by atoms with E-state index in [0.717, 1.165) is 14.2 Å². The number of hydrogen-bond donors (Lipinski definition) is 0. The average molecular weight is 324 g/mol. The van der Waals surface area contributed by atoms with E-state index in [-0.39, 0.29) is 18.4 Å². The van der Waals surface area contributed by atoms with Gasteiger partial charge in [0, 0.05) is 12.8 Å². The van der Waals surface area contributed by atoms with E-state index in [9.17, 15) is 19.2 Å². The largest absolute Gasteiger partial charge is 0.467 e. The molecule has 0 aromatic rings. The highest BCUT2D eigenvalue weighted by molar-refractivity contribution is 6.11. The average Bonchev–Trinajstić information content (AvgIpc) is 2.80. The minimum atomic E-state index is -1.55. The molecule has 1 rings (SSSR count). The summed E-state index contributed by atoms with van der Waals surface area (Å²) in [7, 11) is 2.21. The Balaban J connectivity index is 3.49. The molecule has 1 saturated heterocycles. The number of likely N-dealkylation sites (tertiary alicyclic amines) is 1. The van der Waals surface area contributed by atoms with Crippen LogP contribution in [0.3, 0.4) is 0 Å². The van der Waals surface area contributed by atoms with Crippen LogP contribution in [0, 0.1) is 0 Å². The molecule has 0 spiro atoms. The molecule has 0 bridgehead atoms. The Morgan fingerprint density at radius 3 is 2.04 bits per heavy atom. The number of carbonyl (C=O) groups excluding carboxylic acids is 4. The third kappa shape index (κ3) is 4.50. The van der Waals surface area contributed by atoms with Crippen LogP contribution in [0.2, 0.25) is 0 Å². The van der Waals surface area contributed by atoms with Crippen molar-refractivity contribution in [3.63, 3.8) is 0 Å². The molecule has 8 heteroatoms. The molecule has 1 fully saturated rings.